The average molecular weight is 380 g/mol. The van der Waals surface area contributed by atoms with Gasteiger partial charge in [0, 0.05) is 31.7 Å². The molecule has 148 valence electrons. The molecule has 2 aliphatic rings. The van der Waals surface area contributed by atoms with Gasteiger partial charge < -0.3 is 19.3 Å². The Balaban J connectivity index is 1.47. The van der Waals surface area contributed by atoms with E-state index in [0.29, 0.717) is 17.9 Å². The molecule has 0 spiro atoms. The average Bonchev–Trinajstić information content (AvgIpc) is 2.74. The Bertz CT molecular complexity index is 843. The second-order valence-electron chi connectivity index (χ2n) is 7.73. The summed E-state index contributed by atoms with van der Waals surface area (Å²) >= 11 is 0. The predicted octanol–water partition coefficient (Wildman–Crippen LogP) is 3.37. The minimum Gasteiger partial charge on any atom is -0.493 e. The Morgan fingerprint density at radius 3 is 2.50 bits per heavy atom. The van der Waals surface area contributed by atoms with Crippen molar-refractivity contribution in [3.05, 3.63) is 59.2 Å². The Morgan fingerprint density at radius 1 is 1.00 bits per heavy atom. The molecule has 0 aliphatic carbocycles. The quantitative estimate of drug-likeness (QED) is 0.816. The van der Waals surface area contributed by atoms with Crippen molar-refractivity contribution >= 4 is 5.91 Å². The number of carbonyl (C=O) groups is 1. The van der Waals surface area contributed by atoms with Crippen molar-refractivity contribution in [2.45, 2.75) is 31.9 Å². The molecule has 2 aromatic carbocycles. The maximum Gasteiger partial charge on any atom is 0.254 e. The van der Waals surface area contributed by atoms with Crippen LogP contribution >= 0.6 is 0 Å². The number of carbonyl (C=O) groups excluding carboxylic acids is 1. The molecule has 0 unspecified atom stereocenters. The van der Waals surface area contributed by atoms with Gasteiger partial charge in [0.1, 0.15) is 6.10 Å². The van der Waals surface area contributed by atoms with Gasteiger partial charge >= 0.3 is 0 Å². The van der Waals surface area contributed by atoms with Crippen molar-refractivity contribution < 1.29 is 14.3 Å². The van der Waals surface area contributed by atoms with E-state index in [4.69, 9.17) is 9.47 Å². The number of ether oxygens (including phenoxy) is 2. The molecular weight excluding hydrogens is 352 g/mol. The molecule has 2 aliphatic heterocycles. The predicted molar refractivity (Wildman–Crippen MR) is 109 cm³/mol. The lowest BCUT2D eigenvalue weighted by Crippen LogP contribution is -2.36. The third-order valence-electron chi connectivity index (χ3n) is 5.79. The Morgan fingerprint density at radius 2 is 1.75 bits per heavy atom. The van der Waals surface area contributed by atoms with Crippen LogP contribution in [0.4, 0.5) is 0 Å². The number of methoxy groups -OCH3 is 1. The van der Waals surface area contributed by atoms with E-state index >= 15 is 0 Å². The molecule has 0 N–H and O–H groups in total. The number of benzene rings is 2. The fraction of sp³-hybridized carbons (Fsp3) is 0.435. The molecule has 5 heteroatoms. The van der Waals surface area contributed by atoms with Gasteiger partial charge in [-0.2, -0.15) is 0 Å². The summed E-state index contributed by atoms with van der Waals surface area (Å²) in [5.41, 5.74) is 3.22. The molecule has 2 aromatic rings. The fourth-order valence-corrected chi connectivity index (χ4v) is 4.03. The van der Waals surface area contributed by atoms with Crippen LogP contribution in [0.1, 0.15) is 34.3 Å². The molecule has 0 bridgehead atoms. The van der Waals surface area contributed by atoms with E-state index in [2.05, 4.69) is 30.1 Å². The van der Waals surface area contributed by atoms with Crippen molar-refractivity contribution in [1.29, 1.82) is 0 Å². The number of nitrogens with zero attached hydrogens (tertiary/aromatic N) is 2. The monoisotopic (exact) mass is 380 g/mol. The van der Waals surface area contributed by atoms with Crippen LogP contribution in [0, 0.1) is 0 Å². The minimum absolute atomic E-state index is 0.0404. The summed E-state index contributed by atoms with van der Waals surface area (Å²) in [5.74, 6) is 1.39. The van der Waals surface area contributed by atoms with E-state index in [-0.39, 0.29) is 12.0 Å². The van der Waals surface area contributed by atoms with E-state index in [1.807, 2.05) is 29.2 Å². The Labute approximate surface area is 166 Å². The van der Waals surface area contributed by atoms with Gasteiger partial charge in [0.15, 0.2) is 11.5 Å². The minimum atomic E-state index is 0.0404. The van der Waals surface area contributed by atoms with Crippen LogP contribution in [0.15, 0.2) is 42.5 Å². The zero-order valence-corrected chi connectivity index (χ0v) is 16.7. The summed E-state index contributed by atoms with van der Waals surface area (Å²) < 4.78 is 11.7. The van der Waals surface area contributed by atoms with Gasteiger partial charge in [-0.05, 0) is 55.6 Å². The van der Waals surface area contributed by atoms with Crippen LogP contribution in [-0.2, 0) is 13.0 Å². The number of fused-ring (bicyclic) bond motifs is 1. The topological polar surface area (TPSA) is 42.0 Å². The van der Waals surface area contributed by atoms with E-state index in [9.17, 15) is 4.79 Å². The zero-order chi connectivity index (χ0) is 19.5. The number of likely N-dealkylation sites (tertiary alicyclic amines) is 1. The number of hydrogen-bond donors (Lipinski definition) is 0. The van der Waals surface area contributed by atoms with E-state index < -0.39 is 0 Å². The van der Waals surface area contributed by atoms with Crippen molar-refractivity contribution in [2.75, 3.05) is 33.8 Å². The largest absolute Gasteiger partial charge is 0.493 e. The first-order valence-electron chi connectivity index (χ1n) is 10.0. The summed E-state index contributed by atoms with van der Waals surface area (Å²) in [7, 11) is 3.76. The number of hydrogen-bond acceptors (Lipinski definition) is 4. The molecule has 0 radical (unpaired) electrons. The summed E-state index contributed by atoms with van der Waals surface area (Å²) in [6.45, 7) is 3.48. The molecule has 1 saturated heterocycles. The number of piperidine rings is 1. The van der Waals surface area contributed by atoms with Crippen molar-refractivity contribution in [3.8, 4) is 11.5 Å². The Kier molecular flexibility index (Phi) is 5.53. The molecular formula is C23H28N2O3. The fourth-order valence-electron chi connectivity index (χ4n) is 4.03. The highest BCUT2D eigenvalue weighted by Crippen LogP contribution is 2.31. The number of rotatable bonds is 4. The highest BCUT2D eigenvalue weighted by atomic mass is 16.5. The Hall–Kier alpha value is -2.53. The van der Waals surface area contributed by atoms with Crippen LogP contribution in [0.3, 0.4) is 0 Å². The molecule has 0 atom stereocenters. The third-order valence-corrected chi connectivity index (χ3v) is 5.79. The first-order chi connectivity index (χ1) is 13.6. The van der Waals surface area contributed by atoms with Crippen molar-refractivity contribution in [1.82, 2.24) is 9.80 Å². The lowest BCUT2D eigenvalue weighted by molar-refractivity contribution is 0.0734. The third kappa shape index (κ3) is 3.99. The van der Waals surface area contributed by atoms with Crippen LogP contribution < -0.4 is 9.47 Å². The van der Waals surface area contributed by atoms with Gasteiger partial charge in [0.25, 0.3) is 5.91 Å². The number of amides is 1. The van der Waals surface area contributed by atoms with E-state index in [1.165, 1.54) is 11.1 Å². The molecule has 1 amide bonds. The molecule has 4 rings (SSSR count). The summed E-state index contributed by atoms with van der Waals surface area (Å²) in [4.78, 5) is 17.3. The van der Waals surface area contributed by atoms with Crippen LogP contribution in [-0.4, -0.2) is 55.6 Å². The lowest BCUT2D eigenvalue weighted by atomic mass is 9.99. The lowest BCUT2D eigenvalue weighted by Gasteiger charge is -2.30. The first-order valence-corrected chi connectivity index (χ1v) is 10.0. The molecule has 0 saturated carbocycles. The van der Waals surface area contributed by atoms with E-state index in [1.54, 1.807) is 7.11 Å². The zero-order valence-electron chi connectivity index (χ0n) is 16.7. The van der Waals surface area contributed by atoms with Gasteiger partial charge in [0.05, 0.1) is 7.11 Å². The van der Waals surface area contributed by atoms with Crippen LogP contribution in [0.25, 0.3) is 0 Å². The standard InChI is InChI=1S/C23H28N2O3/c1-24-12-10-20(11-13-24)28-21-8-7-18(15-22(21)27-2)23(26)25-14-9-17-5-3-4-6-19(17)16-25/h3-8,15,20H,9-14,16H2,1-2H3. The maximum atomic E-state index is 13.0. The van der Waals surface area contributed by atoms with Gasteiger partial charge in [-0.15, -0.1) is 0 Å². The van der Waals surface area contributed by atoms with Gasteiger partial charge in [0.2, 0.25) is 0 Å². The van der Waals surface area contributed by atoms with Crippen LogP contribution in [0.2, 0.25) is 0 Å². The van der Waals surface area contributed by atoms with E-state index in [0.717, 1.165) is 44.6 Å². The SMILES string of the molecule is COc1cc(C(=O)N2CCc3ccccc3C2)ccc1OC1CCN(C)CC1. The highest BCUT2D eigenvalue weighted by molar-refractivity contribution is 5.95. The normalized spacial score (nSPS) is 17.9. The highest BCUT2D eigenvalue weighted by Gasteiger charge is 2.24. The summed E-state index contributed by atoms with van der Waals surface area (Å²) in [5, 5.41) is 0. The maximum absolute atomic E-state index is 13.0. The molecule has 1 fully saturated rings. The van der Waals surface area contributed by atoms with Crippen molar-refractivity contribution in [2.24, 2.45) is 0 Å². The summed E-state index contributed by atoms with van der Waals surface area (Å²) in [6.07, 6.45) is 3.11. The van der Waals surface area contributed by atoms with Crippen molar-refractivity contribution in [3.63, 3.8) is 0 Å². The van der Waals surface area contributed by atoms with Crippen LogP contribution in [0.5, 0.6) is 11.5 Å². The molecule has 28 heavy (non-hydrogen) atoms. The first kappa shape index (κ1) is 18.8. The second-order valence-corrected chi connectivity index (χ2v) is 7.73. The molecule has 0 aromatic heterocycles. The second kappa shape index (κ2) is 8.23. The summed E-state index contributed by atoms with van der Waals surface area (Å²) in [6, 6.07) is 13.9. The van der Waals surface area contributed by atoms with Gasteiger partial charge in [-0.3, -0.25) is 4.79 Å². The van der Waals surface area contributed by atoms with Gasteiger partial charge in [-0.25, -0.2) is 0 Å². The molecule has 5 nitrogen and oxygen atoms in total. The van der Waals surface area contributed by atoms with Gasteiger partial charge in [-0.1, -0.05) is 24.3 Å². The molecule has 2 heterocycles. The smallest absolute Gasteiger partial charge is 0.254 e.